The molecule has 0 aliphatic heterocycles. The van der Waals surface area contributed by atoms with E-state index in [0.29, 0.717) is 22.8 Å². The van der Waals surface area contributed by atoms with E-state index >= 15 is 0 Å². The van der Waals surface area contributed by atoms with Crippen LogP contribution in [0.1, 0.15) is 10.5 Å². The molecule has 0 amide bonds. The van der Waals surface area contributed by atoms with Gasteiger partial charge in [-0.2, -0.15) is 13.5 Å². The van der Waals surface area contributed by atoms with Gasteiger partial charge in [0, 0.05) is 24.1 Å². The second-order valence-corrected chi connectivity index (χ2v) is 6.86. The summed E-state index contributed by atoms with van der Waals surface area (Å²) < 4.78 is 42.7. The molecule has 0 spiro atoms. The lowest BCUT2D eigenvalue weighted by atomic mass is 10.0. The predicted octanol–water partition coefficient (Wildman–Crippen LogP) is 2.53. The summed E-state index contributed by atoms with van der Waals surface area (Å²) in [6.45, 7) is 0. The molecule has 0 bridgehead atoms. The second-order valence-electron chi connectivity index (χ2n) is 5.29. The van der Waals surface area contributed by atoms with E-state index in [1.54, 1.807) is 29.9 Å². The number of fused-ring (bicyclic) bond motifs is 1. The van der Waals surface area contributed by atoms with Crippen molar-refractivity contribution in [3.63, 3.8) is 0 Å². The number of halogens is 1. The van der Waals surface area contributed by atoms with Gasteiger partial charge in [-0.05, 0) is 29.8 Å². The van der Waals surface area contributed by atoms with Crippen molar-refractivity contribution < 1.29 is 21.8 Å². The van der Waals surface area contributed by atoms with Crippen molar-refractivity contribution >= 4 is 27.3 Å². The molecular formula is C16H13FN2O4S. The highest BCUT2D eigenvalue weighted by atomic mass is 32.2. The number of carbonyl (C=O) groups excluding carboxylic acids is 1. The van der Waals surface area contributed by atoms with Gasteiger partial charge >= 0.3 is 10.1 Å². The van der Waals surface area contributed by atoms with Gasteiger partial charge in [0.05, 0.1) is 11.8 Å². The van der Waals surface area contributed by atoms with Crippen LogP contribution in [0.15, 0.2) is 36.4 Å². The van der Waals surface area contributed by atoms with E-state index in [0.717, 1.165) is 17.8 Å². The van der Waals surface area contributed by atoms with E-state index in [1.165, 1.54) is 12.1 Å². The maximum atomic E-state index is 13.5. The summed E-state index contributed by atoms with van der Waals surface area (Å²) in [5.41, 5.74) is 1.98. The van der Waals surface area contributed by atoms with Gasteiger partial charge in [0.1, 0.15) is 11.5 Å². The zero-order valence-corrected chi connectivity index (χ0v) is 13.7. The molecule has 1 aromatic heterocycles. The zero-order chi connectivity index (χ0) is 17.5. The number of hydrogen-bond donors (Lipinski definition) is 0. The first-order chi connectivity index (χ1) is 11.3. The first-order valence-corrected chi connectivity index (χ1v) is 8.71. The van der Waals surface area contributed by atoms with Crippen LogP contribution in [0.5, 0.6) is 5.75 Å². The maximum absolute atomic E-state index is 13.5. The van der Waals surface area contributed by atoms with Crippen molar-refractivity contribution in [2.75, 3.05) is 6.26 Å². The van der Waals surface area contributed by atoms with Gasteiger partial charge in [0.15, 0.2) is 12.0 Å². The Hall–Kier alpha value is -2.74. The fraction of sp³-hybridized carbons (Fsp3) is 0.125. The SMILES string of the molecule is Cn1nc(C=O)c2cc(-c3ccc(F)cc3OS(C)(=O)=O)ccc21. The van der Waals surface area contributed by atoms with E-state index in [2.05, 4.69) is 5.10 Å². The number of aromatic nitrogens is 2. The van der Waals surface area contributed by atoms with E-state index in [4.69, 9.17) is 4.18 Å². The molecule has 0 radical (unpaired) electrons. The minimum Gasteiger partial charge on any atom is -0.382 e. The Morgan fingerprint density at radius 2 is 1.96 bits per heavy atom. The molecule has 1 heterocycles. The molecule has 0 unspecified atom stereocenters. The summed E-state index contributed by atoms with van der Waals surface area (Å²) in [5, 5.41) is 4.71. The third-order valence-corrected chi connectivity index (χ3v) is 3.97. The van der Waals surface area contributed by atoms with Crippen LogP contribution in [-0.4, -0.2) is 30.7 Å². The second kappa shape index (κ2) is 5.72. The maximum Gasteiger partial charge on any atom is 0.306 e. The van der Waals surface area contributed by atoms with Crippen LogP contribution in [0, 0.1) is 5.82 Å². The number of benzene rings is 2. The van der Waals surface area contributed by atoms with Crippen LogP contribution in [-0.2, 0) is 17.2 Å². The Balaban J connectivity index is 2.22. The minimum atomic E-state index is -3.81. The van der Waals surface area contributed by atoms with Crippen molar-refractivity contribution in [2.24, 2.45) is 7.05 Å². The third-order valence-electron chi connectivity index (χ3n) is 3.49. The van der Waals surface area contributed by atoms with Crippen LogP contribution in [0.2, 0.25) is 0 Å². The number of aldehydes is 1. The first kappa shape index (κ1) is 16.1. The summed E-state index contributed by atoms with van der Waals surface area (Å²) in [5.74, 6) is -0.734. The molecule has 0 N–H and O–H groups in total. The van der Waals surface area contributed by atoms with Gasteiger partial charge in [-0.1, -0.05) is 6.07 Å². The standard InChI is InChI=1S/C16H13FN2O4S/c1-19-15-6-3-10(7-13(15)14(9-20)18-19)12-5-4-11(17)8-16(12)23-24(2,21)22/h3-9H,1-2H3. The lowest BCUT2D eigenvalue weighted by Crippen LogP contribution is -2.07. The van der Waals surface area contributed by atoms with Crippen LogP contribution < -0.4 is 4.18 Å². The fourth-order valence-corrected chi connectivity index (χ4v) is 2.98. The molecule has 6 nitrogen and oxygen atoms in total. The highest BCUT2D eigenvalue weighted by Gasteiger charge is 2.15. The van der Waals surface area contributed by atoms with Crippen molar-refractivity contribution in [1.82, 2.24) is 9.78 Å². The fourth-order valence-electron chi connectivity index (χ4n) is 2.51. The quantitative estimate of drug-likeness (QED) is 0.535. The largest absolute Gasteiger partial charge is 0.382 e. The van der Waals surface area contributed by atoms with Gasteiger partial charge in [0.25, 0.3) is 0 Å². The topological polar surface area (TPSA) is 78.3 Å². The van der Waals surface area contributed by atoms with E-state index < -0.39 is 15.9 Å². The number of nitrogens with zero attached hydrogens (tertiary/aromatic N) is 2. The monoisotopic (exact) mass is 348 g/mol. The molecule has 24 heavy (non-hydrogen) atoms. The molecule has 0 saturated carbocycles. The Labute approximate surface area is 137 Å². The molecule has 124 valence electrons. The number of rotatable bonds is 4. The number of aryl methyl sites for hydroxylation is 1. The molecular weight excluding hydrogens is 335 g/mol. The molecule has 2 aromatic carbocycles. The first-order valence-electron chi connectivity index (χ1n) is 6.90. The molecule has 0 atom stereocenters. The predicted molar refractivity (Wildman–Crippen MR) is 87.0 cm³/mol. The number of hydrogen-bond acceptors (Lipinski definition) is 5. The molecule has 3 rings (SSSR count). The lowest BCUT2D eigenvalue weighted by Gasteiger charge is -2.10. The van der Waals surface area contributed by atoms with Gasteiger partial charge in [-0.15, -0.1) is 0 Å². The van der Waals surface area contributed by atoms with Gasteiger partial charge < -0.3 is 4.18 Å². The summed E-state index contributed by atoms with van der Waals surface area (Å²) in [6.07, 6.45) is 1.53. The van der Waals surface area contributed by atoms with Crippen LogP contribution in [0.4, 0.5) is 4.39 Å². The smallest absolute Gasteiger partial charge is 0.306 e. The van der Waals surface area contributed by atoms with Crippen molar-refractivity contribution in [3.8, 4) is 16.9 Å². The molecule has 3 aromatic rings. The van der Waals surface area contributed by atoms with E-state index in [1.807, 2.05) is 0 Å². The molecule has 0 aliphatic carbocycles. The Morgan fingerprint density at radius 1 is 1.21 bits per heavy atom. The van der Waals surface area contributed by atoms with Crippen molar-refractivity contribution in [2.45, 2.75) is 0 Å². The van der Waals surface area contributed by atoms with E-state index in [-0.39, 0.29) is 11.4 Å². The normalized spacial score (nSPS) is 11.6. The molecule has 0 fully saturated rings. The average molecular weight is 348 g/mol. The minimum absolute atomic E-state index is 0.117. The lowest BCUT2D eigenvalue weighted by molar-refractivity contribution is 0.111. The molecule has 0 saturated heterocycles. The van der Waals surface area contributed by atoms with E-state index in [9.17, 15) is 17.6 Å². The van der Waals surface area contributed by atoms with Crippen LogP contribution in [0.3, 0.4) is 0 Å². The highest BCUT2D eigenvalue weighted by molar-refractivity contribution is 7.86. The summed E-state index contributed by atoms with van der Waals surface area (Å²) >= 11 is 0. The Morgan fingerprint density at radius 3 is 2.62 bits per heavy atom. The summed E-state index contributed by atoms with van der Waals surface area (Å²) in [7, 11) is -2.10. The Kier molecular flexibility index (Phi) is 3.84. The van der Waals surface area contributed by atoms with Crippen molar-refractivity contribution in [3.05, 3.63) is 47.9 Å². The highest BCUT2D eigenvalue weighted by Crippen LogP contribution is 2.34. The Bertz CT molecular complexity index is 1060. The zero-order valence-electron chi connectivity index (χ0n) is 12.9. The van der Waals surface area contributed by atoms with Gasteiger partial charge in [-0.3, -0.25) is 9.48 Å². The summed E-state index contributed by atoms with van der Waals surface area (Å²) in [6, 6.07) is 8.80. The third kappa shape index (κ3) is 3.00. The van der Waals surface area contributed by atoms with Crippen LogP contribution in [0.25, 0.3) is 22.0 Å². The van der Waals surface area contributed by atoms with Gasteiger partial charge in [-0.25, -0.2) is 4.39 Å². The molecule has 0 aliphatic rings. The van der Waals surface area contributed by atoms with Crippen molar-refractivity contribution in [1.29, 1.82) is 0 Å². The summed E-state index contributed by atoms with van der Waals surface area (Å²) in [4.78, 5) is 11.2. The number of carbonyl (C=O) groups is 1. The van der Waals surface area contributed by atoms with Crippen LogP contribution >= 0.6 is 0 Å². The van der Waals surface area contributed by atoms with Gasteiger partial charge in [0.2, 0.25) is 0 Å². The average Bonchev–Trinajstić information content (AvgIpc) is 2.81. The molecule has 8 heteroatoms.